The Morgan fingerprint density at radius 1 is 1.15 bits per heavy atom. The number of benzene rings is 1. The molecule has 0 bridgehead atoms. The van der Waals surface area contributed by atoms with Gasteiger partial charge in [-0.3, -0.25) is 0 Å². The monoisotopic (exact) mass is 288 g/mol. The molecule has 4 nitrogen and oxygen atoms in total. The van der Waals surface area contributed by atoms with Crippen molar-refractivity contribution in [3.8, 4) is 0 Å². The van der Waals surface area contributed by atoms with E-state index in [2.05, 4.69) is 34.5 Å². The molecule has 1 aromatic heterocycles. The first kappa shape index (κ1) is 12.4. The summed E-state index contributed by atoms with van der Waals surface area (Å²) in [5.74, 6) is 2.86. The van der Waals surface area contributed by atoms with E-state index in [1.165, 1.54) is 11.1 Å². The number of fused-ring (bicyclic) bond motifs is 1. The molecule has 104 valence electrons. The fourth-order valence-electron chi connectivity index (χ4n) is 2.85. The van der Waals surface area contributed by atoms with E-state index < -0.39 is 0 Å². The van der Waals surface area contributed by atoms with Crippen molar-refractivity contribution in [3.05, 3.63) is 47.2 Å². The van der Waals surface area contributed by atoms with Crippen LogP contribution in [0.3, 0.4) is 0 Å². The van der Waals surface area contributed by atoms with Crippen molar-refractivity contribution in [2.24, 2.45) is 0 Å². The predicted octanol–water partition coefficient (Wildman–Crippen LogP) is 2.95. The molecule has 4 rings (SSSR count). The van der Waals surface area contributed by atoms with Gasteiger partial charge in [0.1, 0.15) is 5.25 Å². The largest absolute Gasteiger partial charge is 0.423 e. The molecular formula is C15H16N2O2S. The fraction of sp³-hybridized carbons (Fsp3) is 0.467. The summed E-state index contributed by atoms with van der Waals surface area (Å²) in [4.78, 5) is 0. The Morgan fingerprint density at radius 3 is 2.95 bits per heavy atom. The van der Waals surface area contributed by atoms with Gasteiger partial charge in [0.25, 0.3) is 0 Å². The number of rotatable bonds is 2. The van der Waals surface area contributed by atoms with E-state index in [-0.39, 0.29) is 11.2 Å². The highest BCUT2D eigenvalue weighted by atomic mass is 32.2. The van der Waals surface area contributed by atoms with Gasteiger partial charge in [-0.25, -0.2) is 0 Å². The molecule has 1 fully saturated rings. The third-order valence-electron chi connectivity index (χ3n) is 3.95. The lowest BCUT2D eigenvalue weighted by atomic mass is 10.0. The summed E-state index contributed by atoms with van der Waals surface area (Å²) in [5.41, 5.74) is 2.72. The van der Waals surface area contributed by atoms with Crippen molar-refractivity contribution in [2.75, 3.05) is 19.0 Å². The van der Waals surface area contributed by atoms with E-state index in [9.17, 15) is 0 Å². The number of aryl methyl sites for hydroxylation is 1. The van der Waals surface area contributed by atoms with Crippen molar-refractivity contribution in [1.82, 2.24) is 10.2 Å². The minimum absolute atomic E-state index is 0.184. The zero-order valence-electron chi connectivity index (χ0n) is 11.1. The highest BCUT2D eigenvalue weighted by Gasteiger charge is 2.29. The first-order valence-corrected chi connectivity index (χ1v) is 8.07. The highest BCUT2D eigenvalue weighted by Crippen LogP contribution is 2.41. The van der Waals surface area contributed by atoms with Crippen LogP contribution in [0.15, 0.2) is 28.7 Å². The molecule has 1 saturated heterocycles. The molecule has 3 heterocycles. The van der Waals surface area contributed by atoms with Gasteiger partial charge in [-0.15, -0.1) is 22.0 Å². The van der Waals surface area contributed by atoms with Gasteiger partial charge in [-0.05, 0) is 29.7 Å². The molecule has 2 atom stereocenters. The minimum atomic E-state index is 0.184. The van der Waals surface area contributed by atoms with Gasteiger partial charge >= 0.3 is 0 Å². The Bertz CT molecular complexity index is 607. The van der Waals surface area contributed by atoms with E-state index in [0.717, 1.165) is 37.0 Å². The summed E-state index contributed by atoms with van der Waals surface area (Å²) in [6.45, 7) is 1.50. The number of hydrogen-bond acceptors (Lipinski definition) is 5. The third-order valence-corrected chi connectivity index (χ3v) is 5.18. The van der Waals surface area contributed by atoms with Gasteiger partial charge in [0.15, 0.2) is 0 Å². The van der Waals surface area contributed by atoms with E-state index >= 15 is 0 Å². The van der Waals surface area contributed by atoms with Crippen molar-refractivity contribution in [3.63, 3.8) is 0 Å². The molecule has 0 N–H and O–H groups in total. The topological polar surface area (TPSA) is 48.2 Å². The second-order valence-corrected chi connectivity index (χ2v) is 6.45. The maximum Gasteiger partial charge on any atom is 0.233 e. The van der Waals surface area contributed by atoms with Crippen LogP contribution in [0.1, 0.15) is 40.5 Å². The van der Waals surface area contributed by atoms with Gasteiger partial charge < -0.3 is 9.15 Å². The molecule has 2 aliphatic heterocycles. The van der Waals surface area contributed by atoms with E-state index in [0.29, 0.717) is 6.61 Å². The zero-order chi connectivity index (χ0) is 13.4. The van der Waals surface area contributed by atoms with Crippen LogP contribution in [0, 0.1) is 0 Å². The summed E-state index contributed by atoms with van der Waals surface area (Å²) in [6, 6.07) is 8.56. The summed E-state index contributed by atoms with van der Waals surface area (Å²) in [7, 11) is 0. The number of thioether (sulfide) groups is 1. The van der Waals surface area contributed by atoms with E-state index in [4.69, 9.17) is 9.15 Å². The summed E-state index contributed by atoms with van der Waals surface area (Å²) >= 11 is 1.89. The molecule has 0 radical (unpaired) electrons. The minimum Gasteiger partial charge on any atom is -0.423 e. The lowest BCUT2D eigenvalue weighted by Gasteiger charge is -2.22. The van der Waals surface area contributed by atoms with Gasteiger partial charge in [0.2, 0.25) is 11.8 Å². The number of nitrogens with zero attached hydrogens (tertiary/aromatic N) is 2. The first-order valence-electron chi connectivity index (χ1n) is 7.02. The summed E-state index contributed by atoms with van der Waals surface area (Å²) < 4.78 is 11.3. The predicted molar refractivity (Wildman–Crippen MR) is 76.9 cm³/mol. The van der Waals surface area contributed by atoms with Crippen molar-refractivity contribution in [2.45, 2.75) is 24.0 Å². The standard InChI is InChI=1S/C15H16N2O2S/c1-2-4-12-10(3-1)6-8-20-13(12)15-17-16-14(19-15)11-5-7-18-9-11/h1-4,11,13H,5-9H2/t11-,13-/m0/s1. The highest BCUT2D eigenvalue weighted by molar-refractivity contribution is 7.99. The van der Waals surface area contributed by atoms with Crippen LogP contribution in [0.5, 0.6) is 0 Å². The van der Waals surface area contributed by atoms with Gasteiger partial charge in [-0.2, -0.15) is 0 Å². The average Bonchev–Trinajstić information content (AvgIpc) is 3.17. The molecule has 2 aromatic rings. The second-order valence-electron chi connectivity index (χ2n) is 5.24. The molecule has 20 heavy (non-hydrogen) atoms. The van der Waals surface area contributed by atoms with Crippen LogP contribution in [0.4, 0.5) is 0 Å². The van der Waals surface area contributed by atoms with Crippen LogP contribution < -0.4 is 0 Å². The number of ether oxygens (including phenoxy) is 1. The van der Waals surface area contributed by atoms with E-state index in [1.807, 2.05) is 11.8 Å². The maximum atomic E-state index is 5.94. The Balaban J connectivity index is 1.65. The van der Waals surface area contributed by atoms with E-state index in [1.54, 1.807) is 0 Å². The lowest BCUT2D eigenvalue weighted by molar-refractivity contribution is 0.190. The lowest BCUT2D eigenvalue weighted by Crippen LogP contribution is -2.09. The Morgan fingerprint density at radius 2 is 2.05 bits per heavy atom. The molecule has 2 aliphatic rings. The second kappa shape index (κ2) is 5.22. The van der Waals surface area contributed by atoms with Gasteiger partial charge in [-0.1, -0.05) is 24.3 Å². The Kier molecular flexibility index (Phi) is 3.24. The third kappa shape index (κ3) is 2.15. The Hall–Kier alpha value is -1.33. The van der Waals surface area contributed by atoms with Crippen LogP contribution in [0.25, 0.3) is 0 Å². The first-order chi connectivity index (χ1) is 9.92. The molecule has 0 spiro atoms. The van der Waals surface area contributed by atoms with Crippen molar-refractivity contribution >= 4 is 11.8 Å². The van der Waals surface area contributed by atoms with Gasteiger partial charge in [0.05, 0.1) is 12.5 Å². The van der Waals surface area contributed by atoms with Gasteiger partial charge in [0, 0.05) is 6.61 Å². The normalized spacial score (nSPS) is 25.6. The van der Waals surface area contributed by atoms with Crippen LogP contribution >= 0.6 is 11.8 Å². The molecule has 0 amide bonds. The fourth-order valence-corrected chi connectivity index (χ4v) is 4.07. The van der Waals surface area contributed by atoms with Crippen LogP contribution in [-0.4, -0.2) is 29.2 Å². The smallest absolute Gasteiger partial charge is 0.233 e. The number of hydrogen-bond donors (Lipinski definition) is 0. The number of aromatic nitrogens is 2. The Labute approximate surface area is 121 Å². The van der Waals surface area contributed by atoms with Crippen molar-refractivity contribution < 1.29 is 9.15 Å². The zero-order valence-corrected chi connectivity index (χ0v) is 11.9. The molecular weight excluding hydrogens is 272 g/mol. The SMILES string of the molecule is c1ccc2c(c1)CCS[C@@H]2c1nnc([C@H]2CCOC2)o1. The molecule has 0 aliphatic carbocycles. The maximum absolute atomic E-state index is 5.94. The molecule has 1 aromatic carbocycles. The molecule has 0 saturated carbocycles. The van der Waals surface area contributed by atoms with Crippen LogP contribution in [-0.2, 0) is 11.2 Å². The summed E-state index contributed by atoms with van der Waals surface area (Å²) in [6.07, 6.45) is 2.10. The molecule has 0 unspecified atom stereocenters. The quantitative estimate of drug-likeness (QED) is 0.850. The van der Waals surface area contributed by atoms with Crippen molar-refractivity contribution in [1.29, 1.82) is 0 Å². The van der Waals surface area contributed by atoms with Crippen LogP contribution in [0.2, 0.25) is 0 Å². The average molecular weight is 288 g/mol. The summed E-state index contributed by atoms with van der Waals surface area (Å²) in [5, 5.41) is 8.71. The molecule has 5 heteroatoms.